The Hall–Kier alpha value is -2.63. The molecule has 0 saturated heterocycles. The molecule has 1 aromatic carbocycles. The van der Waals surface area contributed by atoms with Gasteiger partial charge in [0.2, 0.25) is 0 Å². The second-order valence-corrected chi connectivity index (χ2v) is 3.95. The molecule has 0 bridgehead atoms. The molecule has 4 nitrogen and oxygen atoms in total. The number of hydrogen-bond donors (Lipinski definition) is 0. The van der Waals surface area contributed by atoms with Crippen molar-refractivity contribution >= 4 is 11.7 Å². The number of oxime groups is 1. The Bertz CT molecular complexity index is 637. The SMILES string of the molecule is CC(=NOC(=O)c1cc(F)cc(F)c1)c1ccncc1. The molecule has 2 rings (SSSR count). The van der Waals surface area contributed by atoms with E-state index < -0.39 is 17.6 Å². The molecule has 0 saturated carbocycles. The second kappa shape index (κ2) is 6.01. The zero-order chi connectivity index (χ0) is 14.5. The first-order valence-electron chi connectivity index (χ1n) is 5.68. The van der Waals surface area contributed by atoms with E-state index in [2.05, 4.69) is 15.0 Å². The second-order valence-electron chi connectivity index (χ2n) is 3.95. The van der Waals surface area contributed by atoms with Gasteiger partial charge in [-0.3, -0.25) is 4.98 Å². The van der Waals surface area contributed by atoms with Gasteiger partial charge >= 0.3 is 5.97 Å². The van der Waals surface area contributed by atoms with Crippen molar-refractivity contribution in [2.75, 3.05) is 0 Å². The zero-order valence-electron chi connectivity index (χ0n) is 10.5. The molecule has 1 heterocycles. The summed E-state index contributed by atoms with van der Waals surface area (Å²) in [6, 6.07) is 5.80. The van der Waals surface area contributed by atoms with Crippen molar-refractivity contribution in [2.24, 2.45) is 5.16 Å². The number of carbonyl (C=O) groups is 1. The van der Waals surface area contributed by atoms with Gasteiger partial charge in [0.1, 0.15) is 11.6 Å². The summed E-state index contributed by atoms with van der Waals surface area (Å²) in [6.07, 6.45) is 3.14. The van der Waals surface area contributed by atoms with Crippen LogP contribution in [0.4, 0.5) is 8.78 Å². The molecule has 0 amide bonds. The first-order chi connectivity index (χ1) is 9.56. The van der Waals surface area contributed by atoms with E-state index in [1.165, 1.54) is 0 Å². The Morgan fingerprint density at radius 1 is 1.10 bits per heavy atom. The Morgan fingerprint density at radius 2 is 1.70 bits per heavy atom. The summed E-state index contributed by atoms with van der Waals surface area (Å²) in [7, 11) is 0. The molecule has 0 N–H and O–H groups in total. The quantitative estimate of drug-likeness (QED) is 0.492. The third-order valence-electron chi connectivity index (χ3n) is 2.46. The molecular formula is C14H10F2N2O2. The van der Waals surface area contributed by atoms with Crippen LogP contribution in [0, 0.1) is 11.6 Å². The van der Waals surface area contributed by atoms with Gasteiger partial charge < -0.3 is 4.84 Å². The van der Waals surface area contributed by atoms with E-state index >= 15 is 0 Å². The van der Waals surface area contributed by atoms with Crippen LogP contribution >= 0.6 is 0 Å². The molecule has 102 valence electrons. The van der Waals surface area contributed by atoms with Gasteiger partial charge in [-0.2, -0.15) is 0 Å². The van der Waals surface area contributed by atoms with Crippen LogP contribution < -0.4 is 0 Å². The third kappa shape index (κ3) is 3.44. The maximum absolute atomic E-state index is 13.0. The van der Waals surface area contributed by atoms with Crippen LogP contribution in [0.3, 0.4) is 0 Å². The minimum absolute atomic E-state index is 0.242. The first kappa shape index (κ1) is 13.8. The molecule has 2 aromatic rings. The molecule has 0 spiro atoms. The van der Waals surface area contributed by atoms with E-state index in [9.17, 15) is 13.6 Å². The van der Waals surface area contributed by atoms with E-state index in [1.807, 2.05) is 0 Å². The monoisotopic (exact) mass is 276 g/mol. The van der Waals surface area contributed by atoms with Crippen LogP contribution in [0.25, 0.3) is 0 Å². The highest BCUT2D eigenvalue weighted by molar-refractivity contribution is 5.99. The Morgan fingerprint density at radius 3 is 2.30 bits per heavy atom. The lowest BCUT2D eigenvalue weighted by atomic mass is 10.2. The van der Waals surface area contributed by atoms with Gasteiger partial charge in [-0.25, -0.2) is 13.6 Å². The Kier molecular flexibility index (Phi) is 4.14. The number of aromatic nitrogens is 1. The van der Waals surface area contributed by atoms with Crippen LogP contribution in [0.5, 0.6) is 0 Å². The molecule has 20 heavy (non-hydrogen) atoms. The number of hydrogen-bond acceptors (Lipinski definition) is 4. The van der Waals surface area contributed by atoms with Gasteiger partial charge in [-0.1, -0.05) is 5.16 Å². The summed E-state index contributed by atoms with van der Waals surface area (Å²) >= 11 is 0. The summed E-state index contributed by atoms with van der Waals surface area (Å²) in [5.74, 6) is -2.64. The van der Waals surface area contributed by atoms with Crippen molar-refractivity contribution in [1.82, 2.24) is 4.98 Å². The van der Waals surface area contributed by atoms with E-state index in [4.69, 9.17) is 0 Å². The standard InChI is InChI=1S/C14H10F2N2O2/c1-9(10-2-4-17-5-3-10)18-20-14(19)11-6-12(15)8-13(16)7-11/h2-8H,1H3. The predicted octanol–water partition coefficient (Wildman–Crippen LogP) is 2.94. The minimum Gasteiger partial charge on any atom is -0.313 e. The van der Waals surface area contributed by atoms with Crippen molar-refractivity contribution in [3.63, 3.8) is 0 Å². The van der Waals surface area contributed by atoms with Crippen molar-refractivity contribution in [3.8, 4) is 0 Å². The first-order valence-corrected chi connectivity index (χ1v) is 5.68. The average Bonchev–Trinajstić information content (AvgIpc) is 2.44. The highest BCUT2D eigenvalue weighted by Gasteiger charge is 2.11. The molecular weight excluding hydrogens is 266 g/mol. The number of rotatable bonds is 3. The average molecular weight is 276 g/mol. The van der Waals surface area contributed by atoms with Gasteiger partial charge in [0.15, 0.2) is 0 Å². The lowest BCUT2D eigenvalue weighted by molar-refractivity contribution is 0.0515. The van der Waals surface area contributed by atoms with Gasteiger partial charge in [0, 0.05) is 24.0 Å². The highest BCUT2D eigenvalue weighted by Crippen LogP contribution is 2.10. The molecule has 0 aliphatic rings. The zero-order valence-corrected chi connectivity index (χ0v) is 10.5. The van der Waals surface area contributed by atoms with Gasteiger partial charge in [-0.15, -0.1) is 0 Å². The van der Waals surface area contributed by atoms with Crippen LogP contribution in [0.2, 0.25) is 0 Å². The maximum Gasteiger partial charge on any atom is 0.365 e. The number of carbonyl (C=O) groups excluding carboxylic acids is 1. The maximum atomic E-state index is 13.0. The lowest BCUT2D eigenvalue weighted by Gasteiger charge is -2.01. The smallest absolute Gasteiger partial charge is 0.313 e. The van der Waals surface area contributed by atoms with E-state index in [0.717, 1.165) is 17.7 Å². The number of halogens is 2. The summed E-state index contributed by atoms with van der Waals surface area (Å²) in [5.41, 5.74) is 0.921. The number of nitrogens with zero attached hydrogens (tertiary/aromatic N) is 2. The van der Waals surface area contributed by atoms with E-state index in [1.54, 1.807) is 31.5 Å². The fourth-order valence-corrected chi connectivity index (χ4v) is 1.48. The predicted molar refractivity (Wildman–Crippen MR) is 68.2 cm³/mol. The normalized spacial score (nSPS) is 11.2. The Labute approximate surface area is 113 Å². The summed E-state index contributed by atoms with van der Waals surface area (Å²) in [6.45, 7) is 1.63. The molecule has 0 aliphatic carbocycles. The van der Waals surface area contributed by atoms with Crippen LogP contribution in [-0.4, -0.2) is 16.7 Å². The molecule has 0 unspecified atom stereocenters. The van der Waals surface area contributed by atoms with Crippen molar-refractivity contribution in [1.29, 1.82) is 0 Å². The number of pyridine rings is 1. The van der Waals surface area contributed by atoms with Crippen molar-refractivity contribution in [3.05, 3.63) is 65.5 Å². The van der Waals surface area contributed by atoms with Crippen LogP contribution in [-0.2, 0) is 4.84 Å². The van der Waals surface area contributed by atoms with E-state index in [-0.39, 0.29) is 5.56 Å². The lowest BCUT2D eigenvalue weighted by Crippen LogP contribution is -2.05. The van der Waals surface area contributed by atoms with E-state index in [0.29, 0.717) is 11.8 Å². The summed E-state index contributed by atoms with van der Waals surface area (Å²) < 4.78 is 25.9. The van der Waals surface area contributed by atoms with Gasteiger partial charge in [0.05, 0.1) is 11.3 Å². The molecule has 0 fully saturated rings. The minimum atomic E-state index is -0.934. The molecule has 1 aromatic heterocycles. The molecule has 0 aliphatic heterocycles. The Balaban J connectivity index is 2.12. The number of benzene rings is 1. The largest absolute Gasteiger partial charge is 0.365 e. The molecule has 6 heteroatoms. The topological polar surface area (TPSA) is 51.5 Å². The van der Waals surface area contributed by atoms with Gasteiger partial charge in [-0.05, 0) is 31.2 Å². The summed E-state index contributed by atoms with van der Waals surface area (Å²) in [5, 5.41) is 3.62. The fourth-order valence-electron chi connectivity index (χ4n) is 1.48. The summed E-state index contributed by atoms with van der Waals surface area (Å²) in [4.78, 5) is 20.1. The fraction of sp³-hybridized carbons (Fsp3) is 0.0714. The van der Waals surface area contributed by atoms with Crippen molar-refractivity contribution in [2.45, 2.75) is 6.92 Å². The van der Waals surface area contributed by atoms with Crippen LogP contribution in [0.1, 0.15) is 22.8 Å². The van der Waals surface area contributed by atoms with Crippen molar-refractivity contribution < 1.29 is 18.4 Å². The molecule has 0 atom stereocenters. The van der Waals surface area contributed by atoms with Crippen LogP contribution in [0.15, 0.2) is 47.9 Å². The highest BCUT2D eigenvalue weighted by atomic mass is 19.1. The van der Waals surface area contributed by atoms with Gasteiger partial charge in [0.25, 0.3) is 0 Å². The third-order valence-corrected chi connectivity index (χ3v) is 2.46. The molecule has 0 radical (unpaired) electrons.